The summed E-state index contributed by atoms with van der Waals surface area (Å²) in [6.07, 6.45) is 0. The van der Waals surface area contributed by atoms with Crippen LogP contribution >= 0.6 is 11.6 Å². The predicted molar refractivity (Wildman–Crippen MR) is 98.8 cm³/mol. The molecule has 0 spiro atoms. The highest BCUT2D eigenvalue weighted by molar-refractivity contribution is 6.30. The highest BCUT2D eigenvalue weighted by Crippen LogP contribution is 2.21. The second-order valence-corrected chi connectivity index (χ2v) is 6.36. The molecule has 0 aliphatic rings. The van der Waals surface area contributed by atoms with E-state index < -0.39 is 5.97 Å². The maximum Gasteiger partial charge on any atom is 0.340 e. The number of tetrazole rings is 1. The van der Waals surface area contributed by atoms with E-state index in [0.717, 1.165) is 0 Å². The number of esters is 1. The van der Waals surface area contributed by atoms with E-state index in [1.807, 2.05) is 0 Å². The Hall–Kier alpha value is -3.00. The number of benzene rings is 1. The molecule has 3 aromatic rings. The molecule has 0 bridgehead atoms. The van der Waals surface area contributed by atoms with Crippen LogP contribution in [0.25, 0.3) is 11.4 Å². The molecule has 2 heterocycles. The standard InChI is InChI=1S/C18H18ClN5O3/c1-4-27-18(26)15-10(2)16(20-11(15)3)14(25)9-24-22-17(21-23-24)12-6-5-7-13(19)8-12/h5-8,20H,4,9H2,1-3H3. The van der Waals surface area contributed by atoms with Crippen LogP contribution in [0.1, 0.15) is 39.0 Å². The minimum Gasteiger partial charge on any atom is -0.462 e. The van der Waals surface area contributed by atoms with Gasteiger partial charge in [0.25, 0.3) is 0 Å². The summed E-state index contributed by atoms with van der Waals surface area (Å²) in [5.41, 5.74) is 2.55. The van der Waals surface area contributed by atoms with E-state index >= 15 is 0 Å². The highest BCUT2D eigenvalue weighted by atomic mass is 35.5. The van der Waals surface area contributed by atoms with E-state index in [1.165, 1.54) is 4.80 Å². The molecule has 0 aliphatic carbocycles. The normalized spacial score (nSPS) is 10.8. The van der Waals surface area contributed by atoms with Gasteiger partial charge in [-0.3, -0.25) is 4.79 Å². The second-order valence-electron chi connectivity index (χ2n) is 5.92. The number of H-pyrrole nitrogens is 1. The maximum absolute atomic E-state index is 12.6. The third kappa shape index (κ3) is 3.90. The van der Waals surface area contributed by atoms with Crippen molar-refractivity contribution >= 4 is 23.4 Å². The van der Waals surface area contributed by atoms with Crippen LogP contribution in [0.15, 0.2) is 24.3 Å². The molecule has 0 atom stereocenters. The van der Waals surface area contributed by atoms with Crippen molar-refractivity contribution in [2.75, 3.05) is 6.61 Å². The van der Waals surface area contributed by atoms with Gasteiger partial charge in [-0.25, -0.2) is 4.79 Å². The number of ether oxygens (including phenoxy) is 1. The molecule has 8 nitrogen and oxygen atoms in total. The lowest BCUT2D eigenvalue weighted by molar-refractivity contribution is 0.0525. The molecular weight excluding hydrogens is 370 g/mol. The fourth-order valence-corrected chi connectivity index (χ4v) is 2.99. The van der Waals surface area contributed by atoms with Crippen molar-refractivity contribution in [1.29, 1.82) is 0 Å². The number of aromatic nitrogens is 5. The van der Waals surface area contributed by atoms with Crippen molar-refractivity contribution in [2.24, 2.45) is 0 Å². The van der Waals surface area contributed by atoms with Gasteiger partial charge in [-0.2, -0.15) is 4.80 Å². The Balaban J connectivity index is 1.81. The molecule has 0 fully saturated rings. The van der Waals surface area contributed by atoms with Gasteiger partial charge in [-0.05, 0) is 43.7 Å². The number of Topliss-reactive ketones (excluding diaryl/α,β-unsaturated/α-hetero) is 1. The zero-order valence-electron chi connectivity index (χ0n) is 15.1. The van der Waals surface area contributed by atoms with E-state index in [0.29, 0.717) is 38.9 Å². The van der Waals surface area contributed by atoms with E-state index in [1.54, 1.807) is 45.0 Å². The lowest BCUT2D eigenvalue weighted by atomic mass is 10.1. The number of ketones is 1. The van der Waals surface area contributed by atoms with Crippen molar-refractivity contribution in [2.45, 2.75) is 27.3 Å². The Morgan fingerprint density at radius 3 is 2.78 bits per heavy atom. The van der Waals surface area contributed by atoms with E-state index in [4.69, 9.17) is 16.3 Å². The first-order valence-corrected chi connectivity index (χ1v) is 8.71. The number of hydrogen-bond acceptors (Lipinski definition) is 6. The van der Waals surface area contributed by atoms with Gasteiger partial charge in [0, 0.05) is 16.3 Å². The van der Waals surface area contributed by atoms with Crippen LogP contribution in [-0.2, 0) is 11.3 Å². The van der Waals surface area contributed by atoms with E-state index in [2.05, 4.69) is 20.4 Å². The van der Waals surface area contributed by atoms with Crippen LogP contribution in [0, 0.1) is 13.8 Å². The molecule has 0 unspecified atom stereocenters. The summed E-state index contributed by atoms with van der Waals surface area (Å²) in [6.45, 7) is 5.31. The number of nitrogens with one attached hydrogen (secondary N) is 1. The van der Waals surface area contributed by atoms with Crippen LogP contribution in [0.2, 0.25) is 5.02 Å². The van der Waals surface area contributed by atoms with E-state index in [9.17, 15) is 9.59 Å². The first kappa shape index (κ1) is 18.8. The zero-order chi connectivity index (χ0) is 19.6. The second kappa shape index (κ2) is 7.71. The fraction of sp³-hybridized carbons (Fsp3) is 0.278. The molecule has 3 rings (SSSR count). The van der Waals surface area contributed by atoms with Gasteiger partial charge < -0.3 is 9.72 Å². The quantitative estimate of drug-likeness (QED) is 0.515. The molecule has 0 amide bonds. The molecule has 1 aromatic carbocycles. The van der Waals surface area contributed by atoms with E-state index in [-0.39, 0.29) is 18.9 Å². The average molecular weight is 388 g/mol. The predicted octanol–water partition coefficient (Wildman–Crippen LogP) is 3.00. The van der Waals surface area contributed by atoms with Crippen LogP contribution in [0.4, 0.5) is 0 Å². The Morgan fingerprint density at radius 1 is 1.30 bits per heavy atom. The van der Waals surface area contributed by atoms with Crippen molar-refractivity contribution in [3.8, 4) is 11.4 Å². The number of carbonyl (C=O) groups excluding carboxylic acids is 2. The summed E-state index contributed by atoms with van der Waals surface area (Å²) in [7, 11) is 0. The molecular formula is C18H18ClN5O3. The van der Waals surface area contributed by atoms with Gasteiger partial charge in [-0.15, -0.1) is 10.2 Å². The van der Waals surface area contributed by atoms with Crippen LogP contribution in [0.3, 0.4) is 0 Å². The monoisotopic (exact) mass is 387 g/mol. The molecule has 0 radical (unpaired) electrons. The number of nitrogens with zero attached hydrogens (tertiary/aromatic N) is 4. The molecule has 1 N–H and O–H groups in total. The highest BCUT2D eigenvalue weighted by Gasteiger charge is 2.23. The smallest absolute Gasteiger partial charge is 0.340 e. The lowest BCUT2D eigenvalue weighted by Crippen LogP contribution is -2.15. The first-order chi connectivity index (χ1) is 12.9. The van der Waals surface area contributed by atoms with Gasteiger partial charge in [0.1, 0.15) is 6.54 Å². The zero-order valence-corrected chi connectivity index (χ0v) is 15.9. The van der Waals surface area contributed by atoms with Crippen LogP contribution < -0.4 is 0 Å². The summed E-state index contributed by atoms with van der Waals surface area (Å²) in [6, 6.07) is 7.05. The number of aryl methyl sites for hydroxylation is 1. The number of rotatable bonds is 6. The van der Waals surface area contributed by atoms with Crippen molar-refractivity contribution in [3.05, 3.63) is 51.8 Å². The molecule has 140 valence electrons. The van der Waals surface area contributed by atoms with Crippen molar-refractivity contribution < 1.29 is 14.3 Å². The Bertz CT molecular complexity index is 1010. The third-order valence-corrected chi connectivity index (χ3v) is 4.25. The van der Waals surface area contributed by atoms with Gasteiger partial charge >= 0.3 is 5.97 Å². The number of halogens is 1. The average Bonchev–Trinajstić information content (AvgIpc) is 3.19. The topological polar surface area (TPSA) is 103 Å². The number of aromatic amines is 1. The summed E-state index contributed by atoms with van der Waals surface area (Å²) in [4.78, 5) is 28.9. The molecule has 0 aliphatic heterocycles. The van der Waals surface area contributed by atoms with Gasteiger partial charge in [-0.1, -0.05) is 23.7 Å². The number of hydrogen-bond donors (Lipinski definition) is 1. The fourth-order valence-electron chi connectivity index (χ4n) is 2.80. The molecule has 27 heavy (non-hydrogen) atoms. The summed E-state index contributed by atoms with van der Waals surface area (Å²) >= 11 is 5.97. The SMILES string of the molecule is CCOC(=O)c1c(C)[nH]c(C(=O)Cn2nnc(-c3cccc(Cl)c3)n2)c1C. The van der Waals surface area contributed by atoms with Crippen LogP contribution in [0.5, 0.6) is 0 Å². The Morgan fingerprint density at radius 2 is 2.07 bits per heavy atom. The van der Waals surface area contributed by atoms with Gasteiger partial charge in [0.2, 0.25) is 11.6 Å². The first-order valence-electron chi connectivity index (χ1n) is 8.34. The lowest BCUT2D eigenvalue weighted by Gasteiger charge is -2.02. The molecule has 9 heteroatoms. The van der Waals surface area contributed by atoms with Gasteiger partial charge in [0.15, 0.2) is 0 Å². The summed E-state index contributed by atoms with van der Waals surface area (Å²) in [5.74, 6) is -0.344. The Labute approximate surface area is 160 Å². The minimum atomic E-state index is -0.454. The van der Waals surface area contributed by atoms with Crippen LogP contribution in [-0.4, -0.2) is 43.6 Å². The number of carbonyl (C=O) groups is 2. The van der Waals surface area contributed by atoms with Crippen molar-refractivity contribution in [3.63, 3.8) is 0 Å². The molecule has 0 saturated carbocycles. The summed E-state index contributed by atoms with van der Waals surface area (Å²) in [5, 5.41) is 12.7. The van der Waals surface area contributed by atoms with Crippen molar-refractivity contribution in [1.82, 2.24) is 25.2 Å². The molecule has 0 saturated heterocycles. The minimum absolute atomic E-state index is 0.114. The summed E-state index contributed by atoms with van der Waals surface area (Å²) < 4.78 is 5.04. The third-order valence-electron chi connectivity index (χ3n) is 4.02. The van der Waals surface area contributed by atoms with Gasteiger partial charge in [0.05, 0.1) is 17.9 Å². The maximum atomic E-state index is 12.6. The largest absolute Gasteiger partial charge is 0.462 e. The molecule has 2 aromatic heterocycles. The Kier molecular flexibility index (Phi) is 5.36.